The van der Waals surface area contributed by atoms with Crippen LogP contribution >= 0.6 is 11.6 Å². The maximum absolute atomic E-state index is 13.6. The molecule has 2 saturated heterocycles. The van der Waals surface area contributed by atoms with Gasteiger partial charge in [-0.05, 0) is 74.9 Å². The van der Waals surface area contributed by atoms with Crippen LogP contribution in [0.4, 0.5) is 13.2 Å². The van der Waals surface area contributed by atoms with Crippen LogP contribution in [-0.2, 0) is 11.0 Å². The third-order valence-electron chi connectivity index (χ3n) is 7.32. The average molecular weight is 537 g/mol. The predicted molar refractivity (Wildman–Crippen MR) is 136 cm³/mol. The Kier molecular flexibility index (Phi) is 8.36. The maximum atomic E-state index is 13.6. The summed E-state index contributed by atoms with van der Waals surface area (Å²) in [6.45, 7) is 3.90. The van der Waals surface area contributed by atoms with E-state index in [9.17, 15) is 22.8 Å². The minimum atomic E-state index is -4.64. The highest BCUT2D eigenvalue weighted by atomic mass is 35.5. The molecule has 2 aromatic carbocycles. The van der Waals surface area contributed by atoms with Gasteiger partial charge in [0.05, 0.1) is 17.7 Å². The van der Waals surface area contributed by atoms with Crippen molar-refractivity contribution in [3.63, 3.8) is 0 Å². The minimum absolute atomic E-state index is 0.000535. The van der Waals surface area contributed by atoms with Gasteiger partial charge in [-0.2, -0.15) is 13.2 Å². The number of carbonyl (C=O) groups excluding carboxylic acids is 2. The summed E-state index contributed by atoms with van der Waals surface area (Å²) in [5.41, 5.74) is -1.19. The Balaban J connectivity index is 1.59. The number of hydrogen-bond donors (Lipinski definition) is 0. The van der Waals surface area contributed by atoms with Crippen molar-refractivity contribution in [3.05, 3.63) is 64.2 Å². The molecule has 0 saturated carbocycles. The molecule has 0 spiro atoms. The maximum Gasteiger partial charge on any atom is 0.417 e. The van der Waals surface area contributed by atoms with Gasteiger partial charge in [-0.1, -0.05) is 23.7 Å². The normalized spacial score (nSPS) is 20.6. The van der Waals surface area contributed by atoms with Crippen LogP contribution in [0.1, 0.15) is 60.0 Å². The summed E-state index contributed by atoms with van der Waals surface area (Å²) in [5, 5.41) is 0.611. The van der Waals surface area contributed by atoms with Crippen molar-refractivity contribution in [2.24, 2.45) is 5.41 Å². The standard InChI is InChI=1S/C28H32ClF3N2O3/c1-20-16-21(10-11-24(20)29)37-19-27(17-25(35)33-13-5-2-6-14-33)12-7-15-34(18-27)26(36)22-8-3-4-9-23(22)28(30,31)32/h3-4,8-11,16H,2,5-7,12-15,17-19H2,1H3. The van der Waals surface area contributed by atoms with E-state index in [1.165, 1.54) is 23.1 Å². The van der Waals surface area contributed by atoms with E-state index in [1.807, 2.05) is 17.9 Å². The highest BCUT2D eigenvalue weighted by molar-refractivity contribution is 6.31. The van der Waals surface area contributed by atoms with Crippen LogP contribution in [0.5, 0.6) is 5.75 Å². The van der Waals surface area contributed by atoms with Crippen LogP contribution in [0.3, 0.4) is 0 Å². The lowest BCUT2D eigenvalue weighted by atomic mass is 9.77. The Bertz CT molecular complexity index is 1130. The molecule has 4 rings (SSSR count). The van der Waals surface area contributed by atoms with Crippen molar-refractivity contribution in [2.75, 3.05) is 32.8 Å². The molecule has 1 atom stereocenters. The van der Waals surface area contributed by atoms with Gasteiger partial charge in [-0.15, -0.1) is 0 Å². The van der Waals surface area contributed by atoms with Crippen molar-refractivity contribution in [1.82, 2.24) is 9.80 Å². The van der Waals surface area contributed by atoms with E-state index in [0.29, 0.717) is 43.2 Å². The number of ether oxygens (including phenoxy) is 1. The van der Waals surface area contributed by atoms with E-state index < -0.39 is 23.1 Å². The highest BCUT2D eigenvalue weighted by Gasteiger charge is 2.43. The summed E-state index contributed by atoms with van der Waals surface area (Å²) in [5.74, 6) is -0.0806. The van der Waals surface area contributed by atoms with Crippen LogP contribution in [0.25, 0.3) is 0 Å². The molecule has 0 N–H and O–H groups in total. The molecule has 2 aliphatic rings. The van der Waals surface area contributed by atoms with Gasteiger partial charge >= 0.3 is 6.18 Å². The number of halogens is 4. The Hall–Kier alpha value is -2.74. The first-order chi connectivity index (χ1) is 17.6. The monoisotopic (exact) mass is 536 g/mol. The first-order valence-corrected chi connectivity index (χ1v) is 13.1. The first kappa shape index (κ1) is 27.3. The molecule has 0 bridgehead atoms. The molecule has 37 heavy (non-hydrogen) atoms. The quantitative estimate of drug-likeness (QED) is 0.431. The summed E-state index contributed by atoms with van der Waals surface area (Å²) in [4.78, 5) is 30.0. The molecule has 2 aromatic rings. The topological polar surface area (TPSA) is 49.9 Å². The summed E-state index contributed by atoms with van der Waals surface area (Å²) >= 11 is 6.14. The van der Waals surface area contributed by atoms with Crippen LogP contribution < -0.4 is 4.74 Å². The van der Waals surface area contributed by atoms with Gasteiger partial charge in [0, 0.05) is 43.0 Å². The molecule has 9 heteroatoms. The largest absolute Gasteiger partial charge is 0.493 e. The molecular weight excluding hydrogens is 505 g/mol. The van der Waals surface area contributed by atoms with Crippen molar-refractivity contribution >= 4 is 23.4 Å². The summed E-state index contributed by atoms with van der Waals surface area (Å²) in [6, 6.07) is 10.2. The van der Waals surface area contributed by atoms with Crippen molar-refractivity contribution in [1.29, 1.82) is 0 Å². The number of aryl methyl sites for hydroxylation is 1. The Morgan fingerprint density at radius 3 is 2.41 bits per heavy atom. The molecule has 200 valence electrons. The lowest BCUT2D eigenvalue weighted by Crippen LogP contribution is -2.51. The van der Waals surface area contributed by atoms with Gasteiger partial charge in [0.25, 0.3) is 5.91 Å². The van der Waals surface area contributed by atoms with E-state index in [2.05, 4.69) is 0 Å². The number of rotatable bonds is 6. The fraction of sp³-hybridized carbons (Fsp3) is 0.500. The number of likely N-dealkylation sites (tertiary alicyclic amines) is 2. The van der Waals surface area contributed by atoms with Gasteiger partial charge in [0.1, 0.15) is 5.75 Å². The van der Waals surface area contributed by atoms with Crippen molar-refractivity contribution in [3.8, 4) is 5.75 Å². The molecule has 2 fully saturated rings. The SMILES string of the molecule is Cc1cc(OCC2(CC(=O)N3CCCCC3)CCCN(C(=O)c3ccccc3C(F)(F)F)C2)ccc1Cl. The third-order valence-corrected chi connectivity index (χ3v) is 7.74. The fourth-order valence-electron chi connectivity index (χ4n) is 5.30. The smallest absolute Gasteiger partial charge is 0.417 e. The number of carbonyl (C=O) groups is 2. The molecule has 5 nitrogen and oxygen atoms in total. The van der Waals surface area contributed by atoms with Crippen LogP contribution in [0.2, 0.25) is 5.02 Å². The van der Waals surface area contributed by atoms with Crippen LogP contribution in [-0.4, -0.2) is 54.4 Å². The Morgan fingerprint density at radius 1 is 1.00 bits per heavy atom. The molecule has 2 heterocycles. The Labute approximate surface area is 220 Å². The zero-order valence-corrected chi connectivity index (χ0v) is 21.7. The van der Waals surface area contributed by atoms with Gasteiger partial charge < -0.3 is 14.5 Å². The predicted octanol–water partition coefficient (Wildman–Crippen LogP) is 6.37. The number of amides is 2. The number of piperidine rings is 2. The van der Waals surface area contributed by atoms with Gasteiger partial charge in [0.15, 0.2) is 0 Å². The van der Waals surface area contributed by atoms with E-state index in [4.69, 9.17) is 16.3 Å². The second-order valence-corrected chi connectivity index (χ2v) is 10.6. The third kappa shape index (κ3) is 6.58. The van der Waals surface area contributed by atoms with E-state index in [0.717, 1.165) is 30.9 Å². The van der Waals surface area contributed by atoms with E-state index in [-0.39, 0.29) is 31.0 Å². The van der Waals surface area contributed by atoms with Crippen LogP contribution in [0, 0.1) is 12.3 Å². The average Bonchev–Trinajstić information content (AvgIpc) is 2.89. The van der Waals surface area contributed by atoms with Gasteiger partial charge in [0.2, 0.25) is 5.91 Å². The van der Waals surface area contributed by atoms with Gasteiger partial charge in [-0.25, -0.2) is 0 Å². The number of benzene rings is 2. The molecule has 2 aliphatic heterocycles. The second-order valence-electron chi connectivity index (χ2n) is 10.2. The molecule has 1 unspecified atom stereocenters. The second kappa shape index (κ2) is 11.3. The molecule has 2 amide bonds. The molecule has 0 radical (unpaired) electrons. The van der Waals surface area contributed by atoms with E-state index in [1.54, 1.807) is 12.1 Å². The number of nitrogens with zero attached hydrogens (tertiary/aromatic N) is 2. The fourth-order valence-corrected chi connectivity index (χ4v) is 5.42. The first-order valence-electron chi connectivity index (χ1n) is 12.7. The van der Waals surface area contributed by atoms with Crippen molar-refractivity contribution < 1.29 is 27.5 Å². The summed E-state index contributed by atoms with van der Waals surface area (Å²) in [6.07, 6.45) is -0.270. The number of alkyl halides is 3. The zero-order valence-electron chi connectivity index (χ0n) is 21.0. The lowest BCUT2D eigenvalue weighted by Gasteiger charge is -2.43. The molecular formula is C28H32ClF3N2O3. The highest BCUT2D eigenvalue weighted by Crippen LogP contribution is 2.38. The summed E-state index contributed by atoms with van der Waals surface area (Å²) < 4.78 is 47.0. The summed E-state index contributed by atoms with van der Waals surface area (Å²) in [7, 11) is 0. The Morgan fingerprint density at radius 2 is 1.70 bits per heavy atom. The van der Waals surface area contributed by atoms with Crippen LogP contribution in [0.15, 0.2) is 42.5 Å². The zero-order chi connectivity index (χ0) is 26.6. The minimum Gasteiger partial charge on any atom is -0.493 e. The van der Waals surface area contributed by atoms with Gasteiger partial charge in [-0.3, -0.25) is 9.59 Å². The number of hydrogen-bond acceptors (Lipinski definition) is 3. The van der Waals surface area contributed by atoms with Crippen molar-refractivity contribution in [2.45, 2.75) is 51.6 Å². The lowest BCUT2D eigenvalue weighted by molar-refractivity contribution is -0.138. The molecule has 0 aliphatic carbocycles. The van der Waals surface area contributed by atoms with E-state index >= 15 is 0 Å². The molecule has 0 aromatic heterocycles.